The SMILES string of the molecule is COc1ccc(OC)c(S(=O)(=O)N(C)C(C)(C)C(=O)O)c1. The van der Waals surface area contributed by atoms with Crippen molar-refractivity contribution in [3.8, 4) is 11.5 Å². The molecular formula is C13H19NO6S. The van der Waals surface area contributed by atoms with Crippen molar-refractivity contribution in [2.75, 3.05) is 21.3 Å². The number of hydrogen-bond acceptors (Lipinski definition) is 5. The maximum Gasteiger partial charge on any atom is 0.324 e. The third-order valence-electron chi connectivity index (χ3n) is 3.32. The molecule has 7 nitrogen and oxygen atoms in total. The summed E-state index contributed by atoms with van der Waals surface area (Å²) in [7, 11) is -0.117. The normalized spacial score (nSPS) is 12.3. The minimum atomic E-state index is -4.07. The van der Waals surface area contributed by atoms with E-state index in [0.29, 0.717) is 5.75 Å². The highest BCUT2D eigenvalue weighted by Gasteiger charge is 2.41. The van der Waals surface area contributed by atoms with Gasteiger partial charge < -0.3 is 14.6 Å². The van der Waals surface area contributed by atoms with Crippen LogP contribution < -0.4 is 9.47 Å². The molecule has 1 aromatic carbocycles. The monoisotopic (exact) mass is 317 g/mol. The Hall–Kier alpha value is -1.80. The van der Waals surface area contributed by atoms with Crippen molar-refractivity contribution in [1.29, 1.82) is 0 Å². The van der Waals surface area contributed by atoms with Crippen molar-refractivity contribution >= 4 is 16.0 Å². The van der Waals surface area contributed by atoms with Gasteiger partial charge in [0.1, 0.15) is 21.9 Å². The van der Waals surface area contributed by atoms with Crippen LogP contribution in [0.5, 0.6) is 11.5 Å². The fourth-order valence-corrected chi connectivity index (χ4v) is 3.21. The summed E-state index contributed by atoms with van der Waals surface area (Å²) in [5.41, 5.74) is -1.60. The summed E-state index contributed by atoms with van der Waals surface area (Å²) >= 11 is 0. The number of ether oxygens (including phenoxy) is 2. The van der Waals surface area contributed by atoms with E-state index in [2.05, 4.69) is 0 Å². The Bertz CT molecular complexity index is 638. The standard InChI is InChI=1S/C13H19NO6S/c1-13(2,12(15)16)14(3)21(17,18)11-8-9(19-4)6-7-10(11)20-5/h6-8H,1-5H3,(H,15,16). The summed E-state index contributed by atoms with van der Waals surface area (Å²) in [6.45, 7) is 2.61. The van der Waals surface area contributed by atoms with Gasteiger partial charge in [-0.2, -0.15) is 4.31 Å². The molecule has 0 heterocycles. The summed E-state index contributed by atoms with van der Waals surface area (Å²) in [6.07, 6.45) is 0. The number of rotatable bonds is 6. The number of aliphatic carboxylic acids is 1. The quantitative estimate of drug-likeness (QED) is 0.847. The van der Waals surface area contributed by atoms with Crippen molar-refractivity contribution in [3.05, 3.63) is 18.2 Å². The highest BCUT2D eigenvalue weighted by Crippen LogP contribution is 2.32. The van der Waals surface area contributed by atoms with E-state index in [1.165, 1.54) is 47.2 Å². The molecule has 0 fully saturated rings. The number of methoxy groups -OCH3 is 2. The molecule has 0 aromatic heterocycles. The van der Waals surface area contributed by atoms with Gasteiger partial charge in [0, 0.05) is 13.1 Å². The molecule has 0 aliphatic rings. The number of carboxylic acid groups (broad SMARTS) is 1. The molecule has 1 aromatic rings. The minimum absolute atomic E-state index is 0.115. The molecule has 21 heavy (non-hydrogen) atoms. The maximum absolute atomic E-state index is 12.7. The average Bonchev–Trinajstić information content (AvgIpc) is 2.45. The second-order valence-electron chi connectivity index (χ2n) is 4.85. The summed E-state index contributed by atoms with van der Waals surface area (Å²) in [4.78, 5) is 11.1. The zero-order chi connectivity index (χ0) is 16.4. The number of sulfonamides is 1. The van der Waals surface area contributed by atoms with Crippen molar-refractivity contribution in [2.45, 2.75) is 24.3 Å². The lowest BCUT2D eigenvalue weighted by molar-refractivity contribution is -0.145. The van der Waals surface area contributed by atoms with Crippen LogP contribution in [0.1, 0.15) is 13.8 Å². The van der Waals surface area contributed by atoms with Crippen LogP contribution in [0.3, 0.4) is 0 Å². The molecule has 1 rings (SSSR count). The zero-order valence-electron chi connectivity index (χ0n) is 12.6. The van der Waals surface area contributed by atoms with Crippen LogP contribution >= 0.6 is 0 Å². The lowest BCUT2D eigenvalue weighted by Gasteiger charge is -2.30. The van der Waals surface area contributed by atoms with Crippen molar-refractivity contribution in [1.82, 2.24) is 4.31 Å². The fraction of sp³-hybridized carbons (Fsp3) is 0.462. The van der Waals surface area contributed by atoms with E-state index in [9.17, 15) is 18.3 Å². The molecule has 8 heteroatoms. The molecule has 0 unspecified atom stereocenters. The maximum atomic E-state index is 12.7. The fourth-order valence-electron chi connectivity index (χ4n) is 1.57. The average molecular weight is 317 g/mol. The van der Waals surface area contributed by atoms with Crippen LogP contribution in [0.2, 0.25) is 0 Å². The molecule has 0 aliphatic carbocycles. The van der Waals surface area contributed by atoms with Gasteiger partial charge in [-0.05, 0) is 26.0 Å². The smallest absolute Gasteiger partial charge is 0.324 e. The Labute approximate surface area is 124 Å². The van der Waals surface area contributed by atoms with E-state index in [4.69, 9.17) is 9.47 Å². The second-order valence-corrected chi connectivity index (χ2v) is 6.79. The van der Waals surface area contributed by atoms with E-state index < -0.39 is 21.5 Å². The third-order valence-corrected chi connectivity index (χ3v) is 5.37. The van der Waals surface area contributed by atoms with E-state index in [1.807, 2.05) is 0 Å². The molecule has 0 radical (unpaired) electrons. The first-order valence-corrected chi connectivity index (χ1v) is 7.47. The van der Waals surface area contributed by atoms with Gasteiger partial charge in [-0.3, -0.25) is 4.79 Å². The number of benzene rings is 1. The predicted molar refractivity (Wildman–Crippen MR) is 76.2 cm³/mol. The van der Waals surface area contributed by atoms with Crippen molar-refractivity contribution in [2.24, 2.45) is 0 Å². The van der Waals surface area contributed by atoms with Crippen LogP contribution in [0, 0.1) is 0 Å². The molecular weight excluding hydrogens is 298 g/mol. The van der Waals surface area contributed by atoms with E-state index >= 15 is 0 Å². The minimum Gasteiger partial charge on any atom is -0.497 e. The summed E-state index contributed by atoms with van der Waals surface area (Å²) in [5, 5.41) is 9.19. The first-order valence-electron chi connectivity index (χ1n) is 6.03. The molecule has 0 aliphatic heterocycles. The molecule has 1 N–H and O–H groups in total. The first-order chi connectivity index (χ1) is 9.58. The number of carbonyl (C=O) groups is 1. The Kier molecular flexibility index (Phi) is 4.85. The molecule has 0 saturated carbocycles. The number of carboxylic acids is 1. The number of hydrogen-bond donors (Lipinski definition) is 1. The van der Waals surface area contributed by atoms with Crippen molar-refractivity contribution < 1.29 is 27.8 Å². The first kappa shape index (κ1) is 17.3. The summed E-state index contributed by atoms with van der Waals surface area (Å²) in [6, 6.07) is 4.30. The van der Waals surface area contributed by atoms with Gasteiger partial charge in [0.05, 0.1) is 14.2 Å². The van der Waals surface area contributed by atoms with Crippen LogP contribution in [-0.2, 0) is 14.8 Å². The molecule has 0 amide bonds. The van der Waals surface area contributed by atoms with Gasteiger partial charge in [0.25, 0.3) is 0 Å². The Balaban J connectivity index is 3.47. The van der Waals surface area contributed by atoms with Crippen LogP contribution in [-0.4, -0.2) is 50.6 Å². The zero-order valence-corrected chi connectivity index (χ0v) is 13.4. The van der Waals surface area contributed by atoms with Gasteiger partial charge in [0.15, 0.2) is 0 Å². The second kappa shape index (κ2) is 5.90. The van der Waals surface area contributed by atoms with Gasteiger partial charge in [0.2, 0.25) is 10.0 Å². The number of nitrogens with zero attached hydrogens (tertiary/aromatic N) is 1. The van der Waals surface area contributed by atoms with Crippen molar-refractivity contribution in [3.63, 3.8) is 0 Å². The lowest BCUT2D eigenvalue weighted by atomic mass is 10.1. The molecule has 0 spiro atoms. The van der Waals surface area contributed by atoms with Gasteiger partial charge in [-0.15, -0.1) is 0 Å². The Morgan fingerprint density at radius 2 is 1.81 bits per heavy atom. The van der Waals surface area contributed by atoms with E-state index in [1.54, 1.807) is 6.07 Å². The predicted octanol–water partition coefficient (Wildman–Crippen LogP) is 1.19. The molecule has 118 valence electrons. The summed E-state index contributed by atoms with van der Waals surface area (Å²) < 4.78 is 36.2. The van der Waals surface area contributed by atoms with Crippen LogP contribution in [0.15, 0.2) is 23.1 Å². The Morgan fingerprint density at radius 1 is 1.24 bits per heavy atom. The highest BCUT2D eigenvalue weighted by molar-refractivity contribution is 7.89. The van der Waals surface area contributed by atoms with Gasteiger partial charge in [-0.1, -0.05) is 0 Å². The van der Waals surface area contributed by atoms with Crippen LogP contribution in [0.25, 0.3) is 0 Å². The number of likely N-dealkylation sites (N-methyl/N-ethyl adjacent to an activating group) is 1. The van der Waals surface area contributed by atoms with Gasteiger partial charge >= 0.3 is 5.97 Å². The van der Waals surface area contributed by atoms with E-state index in [0.717, 1.165) is 4.31 Å². The molecule has 0 atom stereocenters. The highest BCUT2D eigenvalue weighted by atomic mass is 32.2. The largest absolute Gasteiger partial charge is 0.497 e. The molecule has 0 saturated heterocycles. The topological polar surface area (TPSA) is 93.1 Å². The lowest BCUT2D eigenvalue weighted by Crippen LogP contribution is -2.50. The van der Waals surface area contributed by atoms with E-state index in [-0.39, 0.29) is 10.6 Å². The Morgan fingerprint density at radius 3 is 2.24 bits per heavy atom. The third kappa shape index (κ3) is 3.11. The summed E-state index contributed by atoms with van der Waals surface area (Å²) in [5.74, 6) is -0.810. The van der Waals surface area contributed by atoms with Crippen LogP contribution in [0.4, 0.5) is 0 Å². The molecule has 0 bridgehead atoms. The van der Waals surface area contributed by atoms with Gasteiger partial charge in [-0.25, -0.2) is 8.42 Å².